The second-order valence-electron chi connectivity index (χ2n) is 4.27. The molecule has 1 aromatic rings. The lowest BCUT2D eigenvalue weighted by Gasteiger charge is -2.34. The molecule has 0 radical (unpaired) electrons. The summed E-state index contributed by atoms with van der Waals surface area (Å²) in [5.74, 6) is 0.977. The average Bonchev–Trinajstić information content (AvgIpc) is 2.56. The highest BCUT2D eigenvalue weighted by molar-refractivity contribution is 5.67. The van der Waals surface area contributed by atoms with Crippen molar-refractivity contribution in [2.24, 2.45) is 7.05 Å². The summed E-state index contributed by atoms with van der Waals surface area (Å²) >= 11 is 0. The summed E-state index contributed by atoms with van der Waals surface area (Å²) in [5.41, 5.74) is 7.27. The minimum absolute atomic E-state index is 0.617. The van der Waals surface area contributed by atoms with Gasteiger partial charge in [-0.25, -0.2) is 0 Å². The molecular weight excluding hydrogens is 202 g/mol. The van der Waals surface area contributed by atoms with Crippen molar-refractivity contribution in [3.8, 4) is 6.07 Å². The highest BCUT2D eigenvalue weighted by atomic mass is 15.3. The zero-order chi connectivity index (χ0) is 11.7. The number of rotatable bonds is 1. The molecule has 0 aromatic carbocycles. The predicted octanol–water partition coefficient (Wildman–Crippen LogP) is 0.231. The van der Waals surface area contributed by atoms with Crippen LogP contribution in [0.5, 0.6) is 0 Å². The minimum Gasteiger partial charge on any atom is -0.396 e. The summed E-state index contributed by atoms with van der Waals surface area (Å²) in [5, 5.41) is 8.94. The Bertz CT molecular complexity index is 420. The maximum atomic E-state index is 8.94. The summed E-state index contributed by atoms with van der Waals surface area (Å²) < 4.78 is 1.88. The van der Waals surface area contributed by atoms with Crippen LogP contribution in [0.2, 0.25) is 0 Å². The highest BCUT2D eigenvalue weighted by Crippen LogP contribution is 2.27. The van der Waals surface area contributed by atoms with E-state index in [4.69, 9.17) is 11.0 Å². The SMILES string of the molecule is CN1CCN(c2c(N)cc(C#N)n2C)CC1. The standard InChI is InChI=1S/C11H17N5/c1-14-3-5-16(6-4-14)11-10(13)7-9(8-12)15(11)2/h7H,3-6,13H2,1-2H3. The quantitative estimate of drug-likeness (QED) is 0.734. The number of hydrogen-bond acceptors (Lipinski definition) is 4. The van der Waals surface area contributed by atoms with E-state index in [-0.39, 0.29) is 0 Å². The molecule has 1 fully saturated rings. The van der Waals surface area contributed by atoms with Crippen molar-refractivity contribution in [2.75, 3.05) is 43.9 Å². The zero-order valence-electron chi connectivity index (χ0n) is 9.77. The molecule has 2 rings (SSSR count). The van der Waals surface area contributed by atoms with Crippen LogP contribution in [0.3, 0.4) is 0 Å². The molecule has 86 valence electrons. The van der Waals surface area contributed by atoms with Gasteiger partial charge < -0.3 is 20.1 Å². The van der Waals surface area contributed by atoms with Crippen LogP contribution < -0.4 is 10.6 Å². The number of anilines is 2. The third kappa shape index (κ3) is 1.72. The molecule has 0 aliphatic carbocycles. The van der Waals surface area contributed by atoms with Gasteiger partial charge in [0.1, 0.15) is 17.6 Å². The normalized spacial score (nSPS) is 17.4. The van der Waals surface area contributed by atoms with Crippen LogP contribution in [-0.4, -0.2) is 42.7 Å². The van der Waals surface area contributed by atoms with Crippen LogP contribution in [0, 0.1) is 11.3 Å². The van der Waals surface area contributed by atoms with Crippen molar-refractivity contribution >= 4 is 11.5 Å². The highest BCUT2D eigenvalue weighted by Gasteiger charge is 2.20. The Labute approximate surface area is 95.7 Å². The topological polar surface area (TPSA) is 61.2 Å². The van der Waals surface area contributed by atoms with E-state index < -0.39 is 0 Å². The van der Waals surface area contributed by atoms with Gasteiger partial charge in [-0.3, -0.25) is 0 Å². The molecule has 16 heavy (non-hydrogen) atoms. The first-order valence-corrected chi connectivity index (χ1v) is 5.42. The third-order valence-corrected chi connectivity index (χ3v) is 3.15. The second kappa shape index (κ2) is 4.06. The molecule has 1 saturated heterocycles. The molecule has 5 heteroatoms. The Hall–Kier alpha value is -1.67. The van der Waals surface area contributed by atoms with Gasteiger partial charge in [0.15, 0.2) is 0 Å². The Morgan fingerprint density at radius 2 is 1.88 bits per heavy atom. The van der Waals surface area contributed by atoms with E-state index in [1.54, 1.807) is 6.07 Å². The van der Waals surface area contributed by atoms with Crippen molar-refractivity contribution in [3.05, 3.63) is 11.8 Å². The molecule has 0 saturated carbocycles. The molecule has 2 heterocycles. The summed E-state index contributed by atoms with van der Waals surface area (Å²) in [7, 11) is 4.01. The van der Waals surface area contributed by atoms with Crippen LogP contribution in [0.1, 0.15) is 5.69 Å². The van der Waals surface area contributed by atoms with Gasteiger partial charge in [-0.1, -0.05) is 0 Å². The second-order valence-corrected chi connectivity index (χ2v) is 4.27. The number of nitrogen functional groups attached to an aromatic ring is 1. The van der Waals surface area contributed by atoms with Crippen LogP contribution in [-0.2, 0) is 7.05 Å². The maximum Gasteiger partial charge on any atom is 0.133 e. The number of nitrogens with zero attached hydrogens (tertiary/aromatic N) is 4. The fraction of sp³-hybridized carbons (Fsp3) is 0.545. The van der Waals surface area contributed by atoms with Crippen molar-refractivity contribution in [2.45, 2.75) is 0 Å². The molecular formula is C11H17N5. The molecule has 0 spiro atoms. The van der Waals surface area contributed by atoms with Gasteiger partial charge in [-0.15, -0.1) is 0 Å². The van der Waals surface area contributed by atoms with E-state index in [0.717, 1.165) is 32.0 Å². The first-order chi connectivity index (χ1) is 7.63. The fourth-order valence-electron chi connectivity index (χ4n) is 2.14. The Morgan fingerprint density at radius 1 is 1.25 bits per heavy atom. The number of nitriles is 1. The van der Waals surface area contributed by atoms with Gasteiger partial charge in [0, 0.05) is 33.2 Å². The first-order valence-electron chi connectivity index (χ1n) is 5.42. The zero-order valence-corrected chi connectivity index (χ0v) is 9.77. The van der Waals surface area contributed by atoms with Gasteiger partial charge in [0.05, 0.1) is 5.69 Å². The van der Waals surface area contributed by atoms with Gasteiger partial charge in [0.25, 0.3) is 0 Å². The number of hydrogen-bond donors (Lipinski definition) is 1. The minimum atomic E-state index is 0.617. The lowest BCUT2D eigenvalue weighted by Crippen LogP contribution is -2.45. The van der Waals surface area contributed by atoms with Gasteiger partial charge >= 0.3 is 0 Å². The molecule has 5 nitrogen and oxygen atoms in total. The van der Waals surface area contributed by atoms with Gasteiger partial charge in [-0.2, -0.15) is 5.26 Å². The largest absolute Gasteiger partial charge is 0.396 e. The Morgan fingerprint density at radius 3 is 2.38 bits per heavy atom. The number of piperazine rings is 1. The fourth-order valence-corrected chi connectivity index (χ4v) is 2.14. The van der Waals surface area contributed by atoms with Crippen LogP contribution in [0.4, 0.5) is 11.5 Å². The number of nitrogens with two attached hydrogens (primary N) is 1. The third-order valence-electron chi connectivity index (χ3n) is 3.15. The van der Waals surface area contributed by atoms with Crippen molar-refractivity contribution in [1.82, 2.24) is 9.47 Å². The van der Waals surface area contributed by atoms with Gasteiger partial charge in [-0.05, 0) is 13.1 Å². The van der Waals surface area contributed by atoms with Crippen LogP contribution in [0.25, 0.3) is 0 Å². The van der Waals surface area contributed by atoms with E-state index >= 15 is 0 Å². The average molecular weight is 219 g/mol. The predicted molar refractivity (Wildman–Crippen MR) is 64.3 cm³/mol. The lowest BCUT2D eigenvalue weighted by atomic mass is 10.3. The number of aromatic nitrogens is 1. The van der Waals surface area contributed by atoms with Crippen molar-refractivity contribution in [3.63, 3.8) is 0 Å². The van der Waals surface area contributed by atoms with E-state index in [1.807, 2.05) is 11.6 Å². The molecule has 0 amide bonds. The monoisotopic (exact) mass is 219 g/mol. The summed E-state index contributed by atoms with van der Waals surface area (Å²) in [6.07, 6.45) is 0. The molecule has 0 unspecified atom stereocenters. The van der Waals surface area contributed by atoms with E-state index in [9.17, 15) is 0 Å². The van der Waals surface area contributed by atoms with Crippen molar-refractivity contribution < 1.29 is 0 Å². The van der Waals surface area contributed by atoms with Crippen molar-refractivity contribution in [1.29, 1.82) is 5.26 Å². The van der Waals surface area contributed by atoms with E-state index in [0.29, 0.717) is 11.4 Å². The smallest absolute Gasteiger partial charge is 0.133 e. The Balaban J connectivity index is 2.27. The maximum absolute atomic E-state index is 8.94. The van der Waals surface area contributed by atoms with Crippen LogP contribution in [0.15, 0.2) is 6.07 Å². The number of likely N-dealkylation sites (N-methyl/N-ethyl adjacent to an activating group) is 1. The lowest BCUT2D eigenvalue weighted by molar-refractivity contribution is 0.311. The molecule has 2 N–H and O–H groups in total. The van der Waals surface area contributed by atoms with Crippen LogP contribution >= 0.6 is 0 Å². The molecule has 0 bridgehead atoms. The van der Waals surface area contributed by atoms with E-state index in [2.05, 4.69) is 22.9 Å². The molecule has 1 aromatic heterocycles. The van der Waals surface area contributed by atoms with Gasteiger partial charge in [0.2, 0.25) is 0 Å². The molecule has 0 atom stereocenters. The summed E-state index contributed by atoms with van der Waals surface area (Å²) in [6.45, 7) is 3.99. The first kappa shape index (κ1) is 10.8. The molecule has 1 aliphatic rings. The molecule has 1 aliphatic heterocycles. The van der Waals surface area contributed by atoms with E-state index in [1.165, 1.54) is 0 Å². The summed E-state index contributed by atoms with van der Waals surface area (Å²) in [4.78, 5) is 4.54. The summed E-state index contributed by atoms with van der Waals surface area (Å²) in [6, 6.07) is 3.89. The Kier molecular flexibility index (Phi) is 2.75.